The molecule has 2 aromatic heterocycles. The molecule has 0 saturated heterocycles. The SMILES string of the molecule is CC(=O)N(c1ccccc1)c1nc(/C=C/C(=O)NC2(c3noc(C)n3)CCCC2)cs1. The molecule has 160 valence electrons. The molecule has 2 heterocycles. The molecule has 4 rings (SSSR count). The third-order valence-corrected chi connectivity index (χ3v) is 6.06. The van der Waals surface area contributed by atoms with Crippen molar-refractivity contribution >= 4 is 40.0 Å². The van der Waals surface area contributed by atoms with E-state index >= 15 is 0 Å². The van der Waals surface area contributed by atoms with Crippen LogP contribution >= 0.6 is 11.3 Å². The van der Waals surface area contributed by atoms with Crippen LogP contribution in [-0.4, -0.2) is 26.9 Å². The first-order valence-corrected chi connectivity index (χ1v) is 11.0. The molecule has 0 radical (unpaired) electrons. The number of para-hydroxylation sites is 1. The fourth-order valence-electron chi connectivity index (χ4n) is 3.77. The van der Waals surface area contributed by atoms with Crippen LogP contribution in [0.25, 0.3) is 6.08 Å². The number of amides is 2. The summed E-state index contributed by atoms with van der Waals surface area (Å²) >= 11 is 1.34. The van der Waals surface area contributed by atoms with Gasteiger partial charge in [0.05, 0.1) is 11.4 Å². The molecule has 0 atom stereocenters. The van der Waals surface area contributed by atoms with Crippen LogP contribution in [0.5, 0.6) is 0 Å². The van der Waals surface area contributed by atoms with Crippen LogP contribution in [0.15, 0.2) is 46.3 Å². The van der Waals surface area contributed by atoms with Gasteiger partial charge >= 0.3 is 0 Å². The fraction of sp³-hybridized carbons (Fsp3) is 0.318. The Morgan fingerprint density at radius 2 is 1.94 bits per heavy atom. The maximum Gasteiger partial charge on any atom is 0.244 e. The van der Waals surface area contributed by atoms with Gasteiger partial charge in [0.25, 0.3) is 0 Å². The Bertz CT molecular complexity index is 1100. The summed E-state index contributed by atoms with van der Waals surface area (Å²) in [7, 11) is 0. The highest BCUT2D eigenvalue weighted by molar-refractivity contribution is 7.14. The lowest BCUT2D eigenvalue weighted by Crippen LogP contribution is -2.44. The van der Waals surface area contributed by atoms with Crippen LogP contribution in [0, 0.1) is 6.92 Å². The molecule has 1 aromatic carbocycles. The molecule has 1 fully saturated rings. The number of carbonyl (C=O) groups is 2. The Balaban J connectivity index is 1.48. The number of anilines is 2. The molecule has 0 bridgehead atoms. The third kappa shape index (κ3) is 4.56. The Labute approximate surface area is 184 Å². The van der Waals surface area contributed by atoms with E-state index in [1.165, 1.54) is 24.3 Å². The number of benzene rings is 1. The van der Waals surface area contributed by atoms with E-state index in [0.29, 0.717) is 22.5 Å². The Kier molecular flexibility index (Phi) is 5.94. The predicted molar refractivity (Wildman–Crippen MR) is 118 cm³/mol. The fourth-order valence-corrected chi connectivity index (χ4v) is 4.63. The minimum atomic E-state index is -0.592. The van der Waals surface area contributed by atoms with E-state index in [1.54, 1.807) is 17.9 Å². The van der Waals surface area contributed by atoms with Crippen molar-refractivity contribution < 1.29 is 14.1 Å². The van der Waals surface area contributed by atoms with E-state index in [4.69, 9.17) is 4.52 Å². The van der Waals surface area contributed by atoms with Crippen molar-refractivity contribution in [3.8, 4) is 0 Å². The Hall–Kier alpha value is -3.33. The van der Waals surface area contributed by atoms with Gasteiger partial charge in [0.2, 0.25) is 17.7 Å². The van der Waals surface area contributed by atoms with Gasteiger partial charge in [-0.1, -0.05) is 36.2 Å². The number of nitrogens with one attached hydrogen (secondary N) is 1. The summed E-state index contributed by atoms with van der Waals surface area (Å²) in [5, 5.41) is 9.46. The zero-order chi connectivity index (χ0) is 21.8. The third-order valence-electron chi connectivity index (χ3n) is 5.21. The number of aryl methyl sites for hydroxylation is 1. The molecule has 1 aliphatic carbocycles. The average molecular weight is 438 g/mol. The van der Waals surface area contributed by atoms with Gasteiger partial charge in [-0.25, -0.2) is 4.98 Å². The number of nitrogens with zero attached hydrogens (tertiary/aromatic N) is 4. The molecule has 8 nitrogen and oxygen atoms in total. The molecule has 2 amide bonds. The van der Waals surface area contributed by atoms with E-state index in [1.807, 2.05) is 35.7 Å². The number of carbonyl (C=O) groups excluding carboxylic acids is 2. The minimum Gasteiger partial charge on any atom is -0.340 e. The second-order valence-electron chi connectivity index (χ2n) is 7.49. The van der Waals surface area contributed by atoms with Crippen LogP contribution < -0.4 is 10.2 Å². The van der Waals surface area contributed by atoms with Crippen molar-refractivity contribution in [1.29, 1.82) is 0 Å². The molecular weight excluding hydrogens is 414 g/mol. The average Bonchev–Trinajstić information content (AvgIpc) is 3.49. The number of aromatic nitrogens is 3. The largest absolute Gasteiger partial charge is 0.340 e. The number of rotatable bonds is 6. The molecular formula is C22H23N5O3S. The zero-order valence-corrected chi connectivity index (χ0v) is 18.2. The summed E-state index contributed by atoms with van der Waals surface area (Å²) in [5.41, 5.74) is 0.759. The predicted octanol–water partition coefficient (Wildman–Crippen LogP) is 4.12. The van der Waals surface area contributed by atoms with Gasteiger partial charge in [0, 0.05) is 25.3 Å². The topological polar surface area (TPSA) is 101 Å². The summed E-state index contributed by atoms with van der Waals surface area (Å²) in [5.74, 6) is 0.632. The lowest BCUT2D eigenvalue weighted by Gasteiger charge is -2.25. The molecule has 1 aliphatic rings. The van der Waals surface area contributed by atoms with Crippen LogP contribution in [0.2, 0.25) is 0 Å². The van der Waals surface area contributed by atoms with Crippen molar-refractivity contribution in [3.63, 3.8) is 0 Å². The quantitative estimate of drug-likeness (QED) is 0.582. The Morgan fingerprint density at radius 1 is 1.19 bits per heavy atom. The van der Waals surface area contributed by atoms with Gasteiger partial charge in [-0.15, -0.1) is 11.3 Å². The van der Waals surface area contributed by atoms with Crippen molar-refractivity contribution in [2.75, 3.05) is 4.90 Å². The second-order valence-corrected chi connectivity index (χ2v) is 8.33. The molecule has 9 heteroatoms. The monoisotopic (exact) mass is 437 g/mol. The van der Waals surface area contributed by atoms with Crippen molar-refractivity contribution in [2.45, 2.75) is 45.1 Å². The highest BCUT2D eigenvalue weighted by atomic mass is 32.1. The standard InChI is InChI=1S/C22H23N5O3S/c1-15-23-20(26-30-15)22(12-6-7-13-22)25-19(29)11-10-17-14-31-21(24-17)27(16(2)28)18-8-4-3-5-9-18/h3-5,8-11,14H,6-7,12-13H2,1-2H3,(H,25,29)/b11-10+. The van der Waals surface area contributed by atoms with Gasteiger partial charge in [0.1, 0.15) is 5.54 Å². The summed E-state index contributed by atoms with van der Waals surface area (Å²) in [6, 6.07) is 9.34. The highest BCUT2D eigenvalue weighted by Gasteiger charge is 2.40. The van der Waals surface area contributed by atoms with Crippen LogP contribution in [0.3, 0.4) is 0 Å². The molecule has 31 heavy (non-hydrogen) atoms. The first-order chi connectivity index (χ1) is 15.0. The van der Waals surface area contributed by atoms with E-state index in [0.717, 1.165) is 31.4 Å². The Morgan fingerprint density at radius 3 is 2.58 bits per heavy atom. The maximum atomic E-state index is 12.7. The van der Waals surface area contributed by atoms with Gasteiger partial charge < -0.3 is 9.84 Å². The first-order valence-electron chi connectivity index (χ1n) is 10.1. The second kappa shape index (κ2) is 8.81. The van der Waals surface area contributed by atoms with Gasteiger partial charge in [-0.2, -0.15) is 4.98 Å². The number of hydrogen-bond donors (Lipinski definition) is 1. The lowest BCUT2D eigenvalue weighted by molar-refractivity contribution is -0.118. The van der Waals surface area contributed by atoms with E-state index in [-0.39, 0.29) is 11.8 Å². The molecule has 0 unspecified atom stereocenters. The summed E-state index contributed by atoms with van der Waals surface area (Å²) < 4.78 is 5.12. The number of thiazole rings is 1. The maximum absolute atomic E-state index is 12.7. The van der Waals surface area contributed by atoms with Gasteiger partial charge in [-0.3, -0.25) is 14.5 Å². The molecule has 0 aliphatic heterocycles. The summed E-state index contributed by atoms with van der Waals surface area (Å²) in [4.78, 5) is 35.2. The molecule has 0 spiro atoms. The molecule has 1 saturated carbocycles. The number of hydrogen-bond acceptors (Lipinski definition) is 7. The zero-order valence-electron chi connectivity index (χ0n) is 17.4. The smallest absolute Gasteiger partial charge is 0.244 e. The van der Waals surface area contributed by atoms with Crippen LogP contribution in [0.4, 0.5) is 10.8 Å². The van der Waals surface area contributed by atoms with E-state index < -0.39 is 5.54 Å². The highest BCUT2D eigenvalue weighted by Crippen LogP contribution is 2.37. The molecule has 3 aromatic rings. The van der Waals surface area contributed by atoms with E-state index in [9.17, 15) is 9.59 Å². The minimum absolute atomic E-state index is 0.132. The lowest BCUT2D eigenvalue weighted by atomic mass is 9.96. The van der Waals surface area contributed by atoms with Crippen LogP contribution in [0.1, 0.15) is 50.0 Å². The van der Waals surface area contributed by atoms with Crippen molar-refractivity contribution in [2.24, 2.45) is 0 Å². The summed E-state index contributed by atoms with van der Waals surface area (Å²) in [6.45, 7) is 3.23. The van der Waals surface area contributed by atoms with Gasteiger partial charge in [-0.05, 0) is 31.1 Å². The molecule has 1 N–H and O–H groups in total. The normalized spacial score (nSPS) is 15.3. The van der Waals surface area contributed by atoms with E-state index in [2.05, 4.69) is 20.4 Å². The van der Waals surface area contributed by atoms with Crippen molar-refractivity contribution in [1.82, 2.24) is 20.4 Å². The van der Waals surface area contributed by atoms with Crippen molar-refractivity contribution in [3.05, 3.63) is 59.2 Å². The summed E-state index contributed by atoms with van der Waals surface area (Å²) in [6.07, 6.45) is 6.63. The van der Waals surface area contributed by atoms with Gasteiger partial charge in [0.15, 0.2) is 11.0 Å². The first kappa shape index (κ1) is 20.9. The van der Waals surface area contributed by atoms with Crippen LogP contribution in [-0.2, 0) is 15.1 Å².